The van der Waals surface area contributed by atoms with Crippen molar-refractivity contribution in [3.63, 3.8) is 0 Å². The second-order valence-corrected chi connectivity index (χ2v) is 8.32. The molecule has 0 radical (unpaired) electrons. The van der Waals surface area contributed by atoms with Gasteiger partial charge in [0.15, 0.2) is 0 Å². The molecule has 3 aromatic rings. The Balaban J connectivity index is 1.75. The number of nitrogens with zero attached hydrogens (tertiary/aromatic N) is 2. The third kappa shape index (κ3) is 6.37. The summed E-state index contributed by atoms with van der Waals surface area (Å²) in [5.41, 5.74) is 2.58. The number of carbonyl (C=O) groups is 1. The molecule has 30 heavy (non-hydrogen) atoms. The molecule has 0 aliphatic rings. The summed E-state index contributed by atoms with van der Waals surface area (Å²) in [6.45, 7) is 5.76. The van der Waals surface area contributed by atoms with Crippen molar-refractivity contribution >= 4 is 17.2 Å². The van der Waals surface area contributed by atoms with Gasteiger partial charge in [0.2, 0.25) is 0 Å². The van der Waals surface area contributed by atoms with Crippen LogP contribution in [0.3, 0.4) is 0 Å². The van der Waals surface area contributed by atoms with Crippen LogP contribution >= 0.6 is 11.3 Å². The zero-order valence-corrected chi connectivity index (χ0v) is 18.2. The van der Waals surface area contributed by atoms with Gasteiger partial charge in [0.25, 0.3) is 5.91 Å². The number of carbonyl (C=O) groups excluding carboxylic acids is 1. The summed E-state index contributed by atoms with van der Waals surface area (Å²) in [4.78, 5) is 18.9. The molecule has 158 valence electrons. The Morgan fingerprint density at radius 2 is 1.67 bits per heavy atom. The third-order valence-electron chi connectivity index (χ3n) is 4.45. The monoisotopic (exact) mass is 427 g/mol. The highest BCUT2D eigenvalue weighted by molar-refractivity contribution is 7.09. The number of thiazole rings is 1. The van der Waals surface area contributed by atoms with E-state index in [0.717, 1.165) is 21.9 Å². The van der Waals surface area contributed by atoms with Gasteiger partial charge in [-0.15, -0.1) is 11.3 Å². The highest BCUT2D eigenvalue weighted by Gasteiger charge is 2.15. The van der Waals surface area contributed by atoms with Crippen LogP contribution in [0.25, 0.3) is 0 Å². The molecule has 1 heterocycles. The van der Waals surface area contributed by atoms with E-state index in [4.69, 9.17) is 4.74 Å². The van der Waals surface area contributed by atoms with E-state index in [1.807, 2.05) is 38.1 Å². The second-order valence-electron chi connectivity index (χ2n) is 7.37. The minimum absolute atomic E-state index is 0.0627. The summed E-state index contributed by atoms with van der Waals surface area (Å²) in [5.74, 6) is 0.401. The van der Waals surface area contributed by atoms with Crippen molar-refractivity contribution in [3.05, 3.63) is 81.6 Å². The fourth-order valence-electron chi connectivity index (χ4n) is 3.02. The van der Waals surface area contributed by atoms with Gasteiger partial charge in [-0.1, -0.05) is 24.3 Å². The van der Waals surface area contributed by atoms with E-state index >= 15 is 0 Å². The molecule has 1 aromatic heterocycles. The van der Waals surface area contributed by atoms with E-state index in [2.05, 4.69) is 15.2 Å². The van der Waals surface area contributed by atoms with Crippen LogP contribution in [0.1, 0.15) is 40.5 Å². The molecule has 1 amide bonds. The highest BCUT2D eigenvalue weighted by atomic mass is 32.1. The fraction of sp³-hybridized carbons (Fsp3) is 0.304. The normalized spacial score (nSPS) is 11.1. The number of methoxy groups -OCH3 is 1. The molecular weight excluding hydrogens is 401 g/mol. The summed E-state index contributed by atoms with van der Waals surface area (Å²) >= 11 is 1.47. The van der Waals surface area contributed by atoms with Crippen LogP contribution in [0.4, 0.5) is 4.39 Å². The summed E-state index contributed by atoms with van der Waals surface area (Å²) in [7, 11) is 1.64. The molecule has 0 atom stereocenters. The topological polar surface area (TPSA) is 54.5 Å². The number of halogens is 1. The number of benzene rings is 2. The number of aromatic nitrogens is 1. The van der Waals surface area contributed by atoms with Gasteiger partial charge in [-0.3, -0.25) is 9.69 Å². The van der Waals surface area contributed by atoms with Gasteiger partial charge >= 0.3 is 0 Å². The molecular formula is C23H26FN3O2S. The van der Waals surface area contributed by atoms with Crippen molar-refractivity contribution in [2.75, 3.05) is 7.11 Å². The van der Waals surface area contributed by atoms with Gasteiger partial charge in [0.1, 0.15) is 22.3 Å². The molecule has 0 aliphatic heterocycles. The van der Waals surface area contributed by atoms with Crippen LogP contribution in [0.2, 0.25) is 0 Å². The SMILES string of the molecule is COc1ccc(CN(Cc2ccc(F)cc2)Cc2nc(C(=O)NC(C)C)cs2)cc1. The molecule has 2 aromatic carbocycles. The van der Waals surface area contributed by atoms with E-state index in [1.54, 1.807) is 24.6 Å². The Morgan fingerprint density at radius 1 is 1.07 bits per heavy atom. The molecule has 0 aliphatic carbocycles. The number of nitrogens with one attached hydrogen (secondary N) is 1. The first-order valence-electron chi connectivity index (χ1n) is 9.78. The lowest BCUT2D eigenvalue weighted by Gasteiger charge is -2.21. The lowest BCUT2D eigenvalue weighted by atomic mass is 10.1. The Kier molecular flexibility index (Phi) is 7.54. The molecule has 0 spiro atoms. The van der Waals surface area contributed by atoms with E-state index < -0.39 is 0 Å². The van der Waals surface area contributed by atoms with E-state index in [-0.39, 0.29) is 17.8 Å². The average molecular weight is 428 g/mol. The maximum Gasteiger partial charge on any atom is 0.270 e. The quantitative estimate of drug-likeness (QED) is 0.541. The zero-order valence-electron chi connectivity index (χ0n) is 17.4. The van der Waals surface area contributed by atoms with Gasteiger partial charge in [-0.25, -0.2) is 9.37 Å². The van der Waals surface area contributed by atoms with Crippen LogP contribution in [0.15, 0.2) is 53.9 Å². The summed E-state index contributed by atoms with van der Waals surface area (Å²) in [5, 5.41) is 5.51. The number of hydrogen-bond acceptors (Lipinski definition) is 5. The Bertz CT molecular complexity index is 955. The standard InChI is InChI=1S/C23H26FN3O2S/c1-16(2)25-23(28)21-15-30-22(26-21)14-27(12-17-4-8-19(24)9-5-17)13-18-6-10-20(29-3)11-7-18/h4-11,15-16H,12-14H2,1-3H3,(H,25,28). The third-order valence-corrected chi connectivity index (χ3v) is 5.28. The van der Waals surface area contributed by atoms with E-state index in [0.29, 0.717) is 25.3 Å². The average Bonchev–Trinajstić information content (AvgIpc) is 3.18. The molecule has 5 nitrogen and oxygen atoms in total. The van der Waals surface area contributed by atoms with Crippen molar-refractivity contribution in [2.45, 2.75) is 39.5 Å². The lowest BCUT2D eigenvalue weighted by molar-refractivity contribution is 0.0938. The first-order valence-corrected chi connectivity index (χ1v) is 10.7. The molecule has 0 saturated carbocycles. The Labute approximate surface area is 180 Å². The predicted molar refractivity (Wildman–Crippen MR) is 117 cm³/mol. The lowest BCUT2D eigenvalue weighted by Crippen LogP contribution is -2.30. The number of hydrogen-bond donors (Lipinski definition) is 1. The minimum atomic E-state index is -0.249. The van der Waals surface area contributed by atoms with Crippen LogP contribution < -0.4 is 10.1 Å². The smallest absolute Gasteiger partial charge is 0.270 e. The molecule has 0 bridgehead atoms. The van der Waals surface area contributed by atoms with Crippen LogP contribution in [-0.4, -0.2) is 28.9 Å². The Morgan fingerprint density at radius 3 is 2.23 bits per heavy atom. The van der Waals surface area contributed by atoms with Crippen LogP contribution in [0, 0.1) is 5.82 Å². The van der Waals surface area contributed by atoms with Gasteiger partial charge < -0.3 is 10.1 Å². The fourth-order valence-corrected chi connectivity index (χ4v) is 3.84. The van der Waals surface area contributed by atoms with Gasteiger partial charge in [0, 0.05) is 24.5 Å². The molecule has 3 rings (SSSR count). The van der Waals surface area contributed by atoms with Crippen LogP contribution in [0.5, 0.6) is 5.75 Å². The minimum Gasteiger partial charge on any atom is -0.497 e. The maximum atomic E-state index is 13.3. The van der Waals surface area contributed by atoms with Crippen molar-refractivity contribution in [1.29, 1.82) is 0 Å². The Hall–Kier alpha value is -2.77. The predicted octanol–water partition coefficient (Wildman–Crippen LogP) is 4.63. The molecule has 1 N–H and O–H groups in total. The van der Waals surface area contributed by atoms with Gasteiger partial charge in [0.05, 0.1) is 13.7 Å². The number of amides is 1. The first kappa shape index (κ1) is 21.9. The largest absolute Gasteiger partial charge is 0.497 e. The van der Waals surface area contributed by atoms with Gasteiger partial charge in [-0.05, 0) is 49.2 Å². The maximum absolute atomic E-state index is 13.3. The van der Waals surface area contributed by atoms with Crippen molar-refractivity contribution in [2.24, 2.45) is 0 Å². The molecule has 0 fully saturated rings. The molecule has 0 saturated heterocycles. The van der Waals surface area contributed by atoms with Crippen LogP contribution in [-0.2, 0) is 19.6 Å². The van der Waals surface area contributed by atoms with E-state index in [9.17, 15) is 9.18 Å². The van der Waals surface area contributed by atoms with E-state index in [1.165, 1.54) is 23.5 Å². The highest BCUT2D eigenvalue weighted by Crippen LogP contribution is 2.19. The summed E-state index contributed by atoms with van der Waals surface area (Å²) in [6, 6.07) is 14.5. The van der Waals surface area contributed by atoms with Gasteiger partial charge in [-0.2, -0.15) is 0 Å². The van der Waals surface area contributed by atoms with Crippen molar-refractivity contribution < 1.29 is 13.9 Å². The second kappa shape index (κ2) is 10.3. The van der Waals surface area contributed by atoms with Crippen molar-refractivity contribution in [1.82, 2.24) is 15.2 Å². The molecule has 7 heteroatoms. The summed E-state index contributed by atoms with van der Waals surface area (Å²) in [6.07, 6.45) is 0. The number of rotatable bonds is 9. The number of ether oxygens (including phenoxy) is 1. The zero-order chi connectivity index (χ0) is 21.5. The first-order chi connectivity index (χ1) is 14.4. The molecule has 0 unspecified atom stereocenters. The summed E-state index contributed by atoms with van der Waals surface area (Å²) < 4.78 is 18.5. The van der Waals surface area contributed by atoms with Crippen molar-refractivity contribution in [3.8, 4) is 5.75 Å².